The lowest BCUT2D eigenvalue weighted by Crippen LogP contribution is -2.16. The van der Waals surface area contributed by atoms with E-state index in [0.29, 0.717) is 5.82 Å². The molecule has 1 aliphatic carbocycles. The number of hydrogen-bond acceptors (Lipinski definition) is 2. The molecular weight excluding hydrogens is 713 g/mol. The predicted octanol–water partition coefficient (Wildman–Crippen LogP) is 15.2. The lowest BCUT2D eigenvalue weighted by molar-refractivity contribution is 0.662. The highest BCUT2D eigenvalue weighted by atomic mass is 14.9. The van der Waals surface area contributed by atoms with Crippen molar-refractivity contribution >= 4 is 53.9 Å². The third kappa shape index (κ3) is 5.06. The van der Waals surface area contributed by atoms with Crippen molar-refractivity contribution in [2.75, 3.05) is 0 Å². The summed E-state index contributed by atoms with van der Waals surface area (Å²) in [4.78, 5) is 10.6. The average Bonchev–Trinajstić information content (AvgIpc) is 3.55. The summed E-state index contributed by atoms with van der Waals surface area (Å²) in [5.74, 6) is 0.711. The lowest BCUT2D eigenvalue weighted by atomic mass is 9.78. The number of nitrogens with zero attached hydrogens (tertiary/aromatic N) is 2. The van der Waals surface area contributed by atoms with Crippen molar-refractivity contribution in [2.24, 2.45) is 0 Å². The maximum Gasteiger partial charge on any atom is 0.160 e. The Morgan fingerprint density at radius 2 is 0.898 bits per heavy atom. The molecule has 0 fully saturated rings. The molecule has 12 rings (SSSR count). The zero-order valence-corrected chi connectivity index (χ0v) is 32.9. The van der Waals surface area contributed by atoms with E-state index >= 15 is 0 Å². The Hall–Kier alpha value is -7.42. The molecule has 0 spiro atoms. The van der Waals surface area contributed by atoms with Gasteiger partial charge in [0.1, 0.15) is 0 Å². The molecule has 2 nitrogen and oxygen atoms in total. The Morgan fingerprint density at radius 1 is 0.339 bits per heavy atom. The zero-order valence-electron chi connectivity index (χ0n) is 32.9. The fourth-order valence-electron chi connectivity index (χ4n) is 10.1. The molecule has 0 amide bonds. The first-order valence-electron chi connectivity index (χ1n) is 20.5. The van der Waals surface area contributed by atoms with Crippen LogP contribution >= 0.6 is 0 Å². The van der Waals surface area contributed by atoms with E-state index in [1.165, 1.54) is 87.2 Å². The van der Waals surface area contributed by atoms with Crippen LogP contribution in [-0.4, -0.2) is 9.97 Å². The summed E-state index contributed by atoms with van der Waals surface area (Å²) in [6.45, 7) is 4.77. The summed E-state index contributed by atoms with van der Waals surface area (Å²) in [7, 11) is 0. The number of hydrogen-bond donors (Lipinski definition) is 0. The largest absolute Gasteiger partial charge is 0.228 e. The van der Waals surface area contributed by atoms with Crippen LogP contribution in [-0.2, 0) is 5.41 Å². The van der Waals surface area contributed by atoms with Crippen molar-refractivity contribution < 1.29 is 0 Å². The number of rotatable bonds is 4. The Morgan fingerprint density at radius 3 is 1.63 bits per heavy atom. The molecule has 10 aromatic carbocycles. The monoisotopic (exact) mass is 750 g/mol. The molecule has 11 aromatic rings. The molecule has 0 radical (unpaired) electrons. The summed E-state index contributed by atoms with van der Waals surface area (Å²) in [6.07, 6.45) is 0. The summed E-state index contributed by atoms with van der Waals surface area (Å²) in [5, 5.41) is 12.5. The first-order chi connectivity index (χ1) is 29.0. The van der Waals surface area contributed by atoms with Crippen molar-refractivity contribution in [1.82, 2.24) is 9.97 Å². The van der Waals surface area contributed by atoms with Crippen LogP contribution in [0.5, 0.6) is 0 Å². The number of fused-ring (bicyclic) bond motifs is 12. The zero-order chi connectivity index (χ0) is 39.2. The molecule has 1 heterocycles. The van der Waals surface area contributed by atoms with E-state index in [0.717, 1.165) is 28.1 Å². The molecule has 276 valence electrons. The minimum atomic E-state index is -0.172. The van der Waals surface area contributed by atoms with Gasteiger partial charge in [-0.25, -0.2) is 9.97 Å². The molecule has 1 aliphatic rings. The second kappa shape index (κ2) is 12.8. The van der Waals surface area contributed by atoms with Gasteiger partial charge in [-0.05, 0) is 99.4 Å². The van der Waals surface area contributed by atoms with Crippen molar-refractivity contribution in [2.45, 2.75) is 19.3 Å². The summed E-state index contributed by atoms with van der Waals surface area (Å²) >= 11 is 0. The van der Waals surface area contributed by atoms with Gasteiger partial charge in [-0.3, -0.25) is 0 Å². The summed E-state index contributed by atoms with van der Waals surface area (Å²) in [6, 6.07) is 70.6. The molecule has 0 aliphatic heterocycles. The first kappa shape index (κ1) is 33.7. The van der Waals surface area contributed by atoms with Crippen LogP contribution in [0.3, 0.4) is 0 Å². The van der Waals surface area contributed by atoms with E-state index in [-0.39, 0.29) is 5.41 Å². The fraction of sp³-hybridized carbons (Fsp3) is 0.0526. The van der Waals surface area contributed by atoms with Gasteiger partial charge in [-0.15, -0.1) is 0 Å². The highest BCUT2D eigenvalue weighted by Crippen LogP contribution is 2.55. The quantitative estimate of drug-likeness (QED) is 0.167. The van der Waals surface area contributed by atoms with Crippen LogP contribution in [0.4, 0.5) is 0 Å². The molecule has 0 atom stereocenters. The van der Waals surface area contributed by atoms with Crippen molar-refractivity contribution in [1.29, 1.82) is 0 Å². The van der Waals surface area contributed by atoms with E-state index < -0.39 is 0 Å². The smallest absolute Gasteiger partial charge is 0.160 e. The van der Waals surface area contributed by atoms with Gasteiger partial charge in [0.2, 0.25) is 0 Å². The maximum atomic E-state index is 5.33. The van der Waals surface area contributed by atoms with Crippen molar-refractivity contribution in [3.63, 3.8) is 0 Å². The molecule has 59 heavy (non-hydrogen) atoms. The van der Waals surface area contributed by atoms with E-state index in [2.05, 4.69) is 202 Å². The number of benzene rings is 10. The Balaban J connectivity index is 1.06. The minimum absolute atomic E-state index is 0.172. The SMILES string of the molecule is CC1(C)c2ccc3ccccc3c2-c2cccc(-c3ccc(-c4cc(-c5ccc6c7ccccc7c7ccccc7c6c5)nc(-c5ccccc5)n4)c4ccccc34)c21. The van der Waals surface area contributed by atoms with Gasteiger partial charge in [-0.1, -0.05) is 196 Å². The topological polar surface area (TPSA) is 25.8 Å². The van der Waals surface area contributed by atoms with Gasteiger partial charge in [-0.2, -0.15) is 0 Å². The second-order valence-electron chi connectivity index (χ2n) is 16.4. The molecule has 0 bridgehead atoms. The van der Waals surface area contributed by atoms with Gasteiger partial charge >= 0.3 is 0 Å². The summed E-state index contributed by atoms with van der Waals surface area (Å²) in [5.41, 5.74) is 12.7. The lowest BCUT2D eigenvalue weighted by Gasteiger charge is -2.25. The van der Waals surface area contributed by atoms with E-state index in [1.54, 1.807) is 0 Å². The van der Waals surface area contributed by atoms with Crippen molar-refractivity contribution in [3.8, 4) is 56.2 Å². The van der Waals surface area contributed by atoms with Crippen LogP contribution < -0.4 is 0 Å². The predicted molar refractivity (Wildman–Crippen MR) is 249 cm³/mol. The van der Waals surface area contributed by atoms with Gasteiger partial charge in [0.15, 0.2) is 5.82 Å². The molecule has 1 aromatic heterocycles. The van der Waals surface area contributed by atoms with Crippen LogP contribution in [0, 0.1) is 0 Å². The van der Waals surface area contributed by atoms with E-state index in [4.69, 9.17) is 9.97 Å². The average molecular weight is 751 g/mol. The van der Waals surface area contributed by atoms with Gasteiger partial charge < -0.3 is 0 Å². The Kier molecular flexibility index (Phi) is 7.31. The maximum absolute atomic E-state index is 5.33. The van der Waals surface area contributed by atoms with E-state index in [1.807, 2.05) is 6.07 Å². The molecule has 0 saturated carbocycles. The van der Waals surface area contributed by atoms with Gasteiger partial charge in [0, 0.05) is 22.1 Å². The highest BCUT2D eigenvalue weighted by molar-refractivity contribution is 6.25. The fourth-order valence-corrected chi connectivity index (χ4v) is 10.1. The van der Waals surface area contributed by atoms with Crippen molar-refractivity contribution in [3.05, 3.63) is 205 Å². The summed E-state index contributed by atoms with van der Waals surface area (Å²) < 4.78 is 0. The standard InChI is InChI=1S/C57H38N2/c1-57(2)51-32-28-35-15-6-7-18-38(35)54(51)49-26-14-25-48(55(49)57)45-30-31-47(43-23-12-10-22-42(43)45)53-34-52(58-56(59-53)36-16-4-3-5-17-36)37-27-29-46-41-21-9-8-19-39(41)40-20-11-13-24-44(40)50(46)33-37/h3-34H,1-2H3. The van der Waals surface area contributed by atoms with Gasteiger partial charge in [0.05, 0.1) is 11.4 Å². The minimum Gasteiger partial charge on any atom is -0.228 e. The number of aromatic nitrogens is 2. The van der Waals surface area contributed by atoms with Crippen LogP contribution in [0.25, 0.3) is 110 Å². The highest BCUT2D eigenvalue weighted by Gasteiger charge is 2.38. The Bertz CT molecular complexity index is 3490. The van der Waals surface area contributed by atoms with Gasteiger partial charge in [0.25, 0.3) is 0 Å². The molecule has 2 heteroatoms. The normalized spacial score (nSPS) is 13.1. The first-order valence-corrected chi connectivity index (χ1v) is 20.5. The second-order valence-corrected chi connectivity index (χ2v) is 16.4. The van der Waals surface area contributed by atoms with E-state index in [9.17, 15) is 0 Å². The van der Waals surface area contributed by atoms with Crippen LogP contribution in [0.15, 0.2) is 194 Å². The molecule has 0 unspecified atom stereocenters. The molecule has 0 N–H and O–H groups in total. The third-order valence-corrected chi connectivity index (χ3v) is 12.8. The third-order valence-electron chi connectivity index (χ3n) is 12.8. The van der Waals surface area contributed by atoms with Crippen LogP contribution in [0.2, 0.25) is 0 Å². The molecular formula is C57H38N2. The van der Waals surface area contributed by atoms with Crippen LogP contribution in [0.1, 0.15) is 25.0 Å². The Labute approximate surface area is 343 Å². The molecule has 0 saturated heterocycles.